The Bertz CT molecular complexity index is 1170. The predicted octanol–water partition coefficient (Wildman–Crippen LogP) is 4.47. The van der Waals surface area contributed by atoms with Crippen LogP contribution in [0.1, 0.15) is 11.3 Å². The van der Waals surface area contributed by atoms with Gasteiger partial charge < -0.3 is 30.2 Å². The maximum absolute atomic E-state index is 9.25. The molecule has 2 heterocycles. The van der Waals surface area contributed by atoms with Crippen molar-refractivity contribution in [3.63, 3.8) is 0 Å². The third-order valence-electron chi connectivity index (χ3n) is 5.15. The summed E-state index contributed by atoms with van der Waals surface area (Å²) < 4.78 is 10.9. The van der Waals surface area contributed by atoms with Gasteiger partial charge in [0.15, 0.2) is 0 Å². The fraction of sp³-hybridized carbons (Fsp3) is 0.208. The van der Waals surface area contributed by atoms with Crippen molar-refractivity contribution in [2.24, 2.45) is 0 Å². The number of pyridine rings is 1. The Morgan fingerprint density at radius 1 is 1.00 bits per heavy atom. The lowest BCUT2D eigenvalue weighted by molar-refractivity contribution is 0.277. The molecule has 31 heavy (non-hydrogen) atoms. The smallest absolute Gasteiger partial charge is 0.144 e. The molecule has 4 N–H and O–H groups in total. The van der Waals surface area contributed by atoms with Crippen molar-refractivity contribution in [1.82, 2.24) is 9.97 Å². The van der Waals surface area contributed by atoms with Crippen LogP contribution in [0.4, 0.5) is 17.1 Å². The second kappa shape index (κ2) is 9.40. The zero-order valence-corrected chi connectivity index (χ0v) is 17.6. The first-order chi connectivity index (χ1) is 15.2. The molecular weight excluding hydrogens is 392 g/mol. The molecule has 0 saturated heterocycles. The van der Waals surface area contributed by atoms with Crippen molar-refractivity contribution in [3.05, 3.63) is 72.2 Å². The van der Waals surface area contributed by atoms with Crippen molar-refractivity contribution in [2.75, 3.05) is 31.4 Å². The van der Waals surface area contributed by atoms with Crippen LogP contribution in [0.15, 0.2) is 60.9 Å². The van der Waals surface area contributed by atoms with Gasteiger partial charge in [-0.3, -0.25) is 4.98 Å². The molecule has 0 fully saturated rings. The Balaban J connectivity index is 1.41. The number of H-pyrrole nitrogens is 1. The Kier molecular flexibility index (Phi) is 6.24. The fourth-order valence-electron chi connectivity index (χ4n) is 3.56. The molecule has 2 aromatic carbocycles. The molecule has 0 aliphatic carbocycles. The lowest BCUT2D eigenvalue weighted by atomic mass is 10.1. The summed E-state index contributed by atoms with van der Waals surface area (Å²) in [6.45, 7) is 0.679. The second-order valence-electron chi connectivity index (χ2n) is 7.14. The average molecular weight is 418 g/mol. The number of aromatic amines is 1. The largest absolute Gasteiger partial charge is 0.497 e. The van der Waals surface area contributed by atoms with Crippen molar-refractivity contribution in [3.8, 4) is 11.5 Å². The third-order valence-corrected chi connectivity index (χ3v) is 5.15. The summed E-state index contributed by atoms with van der Waals surface area (Å²) in [5.41, 5.74) is 5.62. The van der Waals surface area contributed by atoms with E-state index in [1.807, 2.05) is 48.7 Å². The lowest BCUT2D eigenvalue weighted by Crippen LogP contribution is -2.06. The van der Waals surface area contributed by atoms with Gasteiger partial charge in [-0.2, -0.15) is 0 Å². The minimum atomic E-state index is -0.0916. The molecule has 0 amide bonds. The van der Waals surface area contributed by atoms with Crippen molar-refractivity contribution >= 4 is 28.0 Å². The summed E-state index contributed by atoms with van der Waals surface area (Å²) >= 11 is 0. The predicted molar refractivity (Wildman–Crippen MR) is 123 cm³/mol. The van der Waals surface area contributed by atoms with Crippen LogP contribution in [-0.4, -0.2) is 35.8 Å². The molecule has 4 aromatic rings. The number of aromatic nitrogens is 2. The zero-order valence-electron chi connectivity index (χ0n) is 17.6. The van der Waals surface area contributed by atoms with Gasteiger partial charge in [-0.15, -0.1) is 0 Å². The van der Waals surface area contributed by atoms with E-state index >= 15 is 0 Å². The molecule has 0 unspecified atom stereocenters. The molecule has 2 aromatic heterocycles. The van der Waals surface area contributed by atoms with Crippen LogP contribution in [0.5, 0.6) is 11.5 Å². The van der Waals surface area contributed by atoms with Crippen LogP contribution >= 0.6 is 0 Å². The summed E-state index contributed by atoms with van der Waals surface area (Å²) in [5, 5.41) is 17.2. The zero-order chi connectivity index (χ0) is 21.6. The summed E-state index contributed by atoms with van der Waals surface area (Å²) in [4.78, 5) is 7.41. The normalized spacial score (nSPS) is 10.8. The number of anilines is 3. The highest BCUT2D eigenvalue weighted by Crippen LogP contribution is 2.30. The minimum absolute atomic E-state index is 0.0916. The van der Waals surface area contributed by atoms with Gasteiger partial charge in [0.05, 0.1) is 32.2 Å². The highest BCUT2D eigenvalue weighted by atomic mass is 16.5. The van der Waals surface area contributed by atoms with Gasteiger partial charge in [-0.1, -0.05) is 0 Å². The number of hydrogen-bond acceptors (Lipinski definition) is 6. The first-order valence-corrected chi connectivity index (χ1v) is 10.1. The molecule has 7 heteroatoms. The van der Waals surface area contributed by atoms with Crippen LogP contribution in [0, 0.1) is 0 Å². The molecule has 4 rings (SSSR count). The molecule has 0 aliphatic heterocycles. The van der Waals surface area contributed by atoms with Crippen molar-refractivity contribution in [1.29, 1.82) is 0 Å². The van der Waals surface area contributed by atoms with E-state index in [4.69, 9.17) is 9.47 Å². The quantitative estimate of drug-likeness (QED) is 0.321. The summed E-state index contributed by atoms with van der Waals surface area (Å²) in [6.07, 6.45) is 4.59. The monoisotopic (exact) mass is 418 g/mol. The maximum atomic E-state index is 9.25. The van der Waals surface area contributed by atoms with E-state index in [0.29, 0.717) is 5.69 Å². The van der Waals surface area contributed by atoms with E-state index < -0.39 is 0 Å². The number of nitrogens with zero attached hydrogens (tertiary/aromatic N) is 1. The minimum Gasteiger partial charge on any atom is -0.497 e. The number of aliphatic hydroxyl groups excluding tert-OH is 1. The Hall–Kier alpha value is -3.71. The Labute approximate surface area is 181 Å². The third kappa shape index (κ3) is 4.73. The molecule has 0 aliphatic rings. The van der Waals surface area contributed by atoms with Crippen LogP contribution in [-0.2, 0) is 13.0 Å². The maximum Gasteiger partial charge on any atom is 0.144 e. The number of nitrogens with one attached hydrogen (secondary N) is 3. The molecule has 160 valence electrons. The SMILES string of the molecule is COc1ccc2c(CCNc3ccc(Nc4ccnc(CO)c4)cc3OC)c[nH]c2c1. The van der Waals surface area contributed by atoms with Crippen LogP contribution < -0.4 is 20.1 Å². The average Bonchev–Trinajstić information content (AvgIpc) is 3.22. The van der Waals surface area contributed by atoms with Gasteiger partial charge in [0.2, 0.25) is 0 Å². The van der Waals surface area contributed by atoms with Gasteiger partial charge in [0.25, 0.3) is 0 Å². The number of rotatable bonds is 9. The van der Waals surface area contributed by atoms with Crippen LogP contribution in [0.3, 0.4) is 0 Å². The van der Waals surface area contributed by atoms with E-state index in [0.717, 1.165) is 47.0 Å². The van der Waals surface area contributed by atoms with E-state index in [2.05, 4.69) is 26.7 Å². The molecular formula is C24H26N4O3. The summed E-state index contributed by atoms with van der Waals surface area (Å²) in [6, 6.07) is 15.7. The molecule has 0 saturated carbocycles. The molecule has 0 spiro atoms. The lowest BCUT2D eigenvalue weighted by Gasteiger charge is -2.14. The van der Waals surface area contributed by atoms with E-state index in [1.54, 1.807) is 20.4 Å². The first-order valence-electron chi connectivity index (χ1n) is 10.1. The topological polar surface area (TPSA) is 91.4 Å². The van der Waals surface area contributed by atoms with E-state index in [9.17, 15) is 5.11 Å². The molecule has 7 nitrogen and oxygen atoms in total. The summed E-state index contributed by atoms with van der Waals surface area (Å²) in [7, 11) is 3.33. The van der Waals surface area contributed by atoms with Gasteiger partial charge in [0, 0.05) is 53.3 Å². The van der Waals surface area contributed by atoms with Crippen molar-refractivity contribution < 1.29 is 14.6 Å². The van der Waals surface area contributed by atoms with E-state index in [1.165, 1.54) is 10.9 Å². The van der Waals surface area contributed by atoms with Crippen LogP contribution in [0.25, 0.3) is 10.9 Å². The van der Waals surface area contributed by atoms with E-state index in [-0.39, 0.29) is 6.61 Å². The van der Waals surface area contributed by atoms with Gasteiger partial charge in [-0.05, 0) is 48.4 Å². The number of ether oxygens (including phenoxy) is 2. The van der Waals surface area contributed by atoms with Gasteiger partial charge in [0.1, 0.15) is 11.5 Å². The highest BCUT2D eigenvalue weighted by molar-refractivity contribution is 5.84. The molecule has 0 radical (unpaired) electrons. The first kappa shape index (κ1) is 20.6. The number of fused-ring (bicyclic) bond motifs is 1. The number of hydrogen-bond donors (Lipinski definition) is 4. The van der Waals surface area contributed by atoms with Crippen LogP contribution in [0.2, 0.25) is 0 Å². The van der Waals surface area contributed by atoms with Gasteiger partial charge in [-0.25, -0.2) is 0 Å². The number of aliphatic hydroxyl groups is 1. The number of methoxy groups -OCH3 is 2. The standard InChI is InChI=1S/C24H26N4O3/c1-30-20-4-5-21-16(14-27-23(21)13-20)7-9-26-22-6-3-17(12-24(22)31-2)28-18-8-10-25-19(11-18)15-29/h3-6,8,10-14,26-27,29H,7,9,15H2,1-2H3,(H,25,28). The van der Waals surface area contributed by atoms with Gasteiger partial charge >= 0.3 is 0 Å². The second-order valence-corrected chi connectivity index (χ2v) is 7.14. The Morgan fingerprint density at radius 3 is 2.68 bits per heavy atom. The highest BCUT2D eigenvalue weighted by Gasteiger charge is 2.08. The van der Waals surface area contributed by atoms with Crippen molar-refractivity contribution in [2.45, 2.75) is 13.0 Å². The Morgan fingerprint density at radius 2 is 1.87 bits per heavy atom. The summed E-state index contributed by atoms with van der Waals surface area (Å²) in [5.74, 6) is 1.60. The fourth-order valence-corrected chi connectivity index (χ4v) is 3.56. The molecule has 0 atom stereocenters. The molecule has 0 bridgehead atoms. The number of benzene rings is 2.